The molecule has 2 heterocycles. The number of hydrogen-bond acceptors (Lipinski definition) is 4. The maximum absolute atomic E-state index is 14.8. The molecular formula is C27H22FN3O3. The number of halogens is 1. The lowest BCUT2D eigenvalue weighted by molar-refractivity contribution is 0.414. The summed E-state index contributed by atoms with van der Waals surface area (Å²) in [4.78, 5) is 31.7. The van der Waals surface area contributed by atoms with Crippen LogP contribution in [0.3, 0.4) is 0 Å². The Labute approximate surface area is 194 Å². The predicted molar refractivity (Wildman–Crippen MR) is 131 cm³/mol. The molecule has 5 aromatic rings. The number of aryl methyl sites for hydroxylation is 2. The smallest absolute Gasteiger partial charge is 0.267 e. The average Bonchev–Trinajstić information content (AvgIpc) is 2.87. The van der Waals surface area contributed by atoms with Gasteiger partial charge in [0.05, 0.1) is 18.2 Å². The molecule has 7 heteroatoms. The van der Waals surface area contributed by atoms with Gasteiger partial charge < -0.3 is 9.30 Å². The third-order valence-corrected chi connectivity index (χ3v) is 6.10. The van der Waals surface area contributed by atoms with Gasteiger partial charge in [-0.3, -0.25) is 14.2 Å². The van der Waals surface area contributed by atoms with Gasteiger partial charge in [-0.05, 0) is 48.4 Å². The fourth-order valence-electron chi connectivity index (χ4n) is 4.28. The maximum atomic E-state index is 14.8. The molecule has 0 spiro atoms. The van der Waals surface area contributed by atoms with Crippen LogP contribution >= 0.6 is 0 Å². The van der Waals surface area contributed by atoms with E-state index in [0.717, 1.165) is 11.3 Å². The number of benzene rings is 3. The normalized spacial score (nSPS) is 11.3. The number of nitrogens with zero attached hydrogens (tertiary/aromatic N) is 3. The zero-order valence-electron chi connectivity index (χ0n) is 18.8. The molecule has 0 saturated carbocycles. The van der Waals surface area contributed by atoms with E-state index >= 15 is 0 Å². The monoisotopic (exact) mass is 455 g/mol. The van der Waals surface area contributed by atoms with Crippen molar-refractivity contribution in [3.05, 3.63) is 105 Å². The van der Waals surface area contributed by atoms with Crippen LogP contribution in [0.1, 0.15) is 5.56 Å². The SMILES string of the molecule is COc1ccc(CCn2c(-c3ccccc3F)nc3c(c(=O)c4ccccc4n3C)c2=O)cc1. The highest BCUT2D eigenvalue weighted by molar-refractivity contribution is 5.91. The standard InChI is InChI=1S/C27H22FN3O3/c1-30-22-10-6-4-8-20(22)24(32)23-26(30)29-25(19-7-3-5-9-21(19)28)31(27(23)33)16-15-17-11-13-18(34-2)14-12-17/h3-14H,15-16H2,1-2H3. The van der Waals surface area contributed by atoms with Crippen LogP contribution in [0.15, 0.2) is 82.4 Å². The molecule has 2 aromatic heterocycles. The molecular weight excluding hydrogens is 433 g/mol. The van der Waals surface area contributed by atoms with E-state index in [1.165, 1.54) is 10.6 Å². The van der Waals surface area contributed by atoms with Crippen molar-refractivity contribution in [1.29, 1.82) is 0 Å². The fourth-order valence-corrected chi connectivity index (χ4v) is 4.28. The second-order valence-corrected chi connectivity index (χ2v) is 8.07. The summed E-state index contributed by atoms with van der Waals surface area (Å²) in [6.45, 7) is 0.230. The molecule has 170 valence electrons. The van der Waals surface area contributed by atoms with Crippen molar-refractivity contribution in [2.45, 2.75) is 13.0 Å². The van der Waals surface area contributed by atoms with Gasteiger partial charge in [0.15, 0.2) is 5.65 Å². The lowest BCUT2D eigenvalue weighted by atomic mass is 10.1. The third-order valence-electron chi connectivity index (χ3n) is 6.10. The summed E-state index contributed by atoms with van der Waals surface area (Å²) in [6, 6.07) is 20.8. The Balaban J connectivity index is 1.77. The van der Waals surface area contributed by atoms with E-state index < -0.39 is 11.4 Å². The summed E-state index contributed by atoms with van der Waals surface area (Å²) in [5.74, 6) is 0.433. The van der Waals surface area contributed by atoms with Crippen molar-refractivity contribution in [2.24, 2.45) is 7.05 Å². The number of pyridine rings is 1. The molecule has 0 atom stereocenters. The van der Waals surface area contributed by atoms with Gasteiger partial charge in [-0.25, -0.2) is 9.37 Å². The molecule has 0 aliphatic carbocycles. The molecule has 6 nitrogen and oxygen atoms in total. The summed E-state index contributed by atoms with van der Waals surface area (Å²) in [7, 11) is 3.35. The lowest BCUT2D eigenvalue weighted by Crippen LogP contribution is -2.30. The van der Waals surface area contributed by atoms with Crippen LogP contribution in [0.4, 0.5) is 4.39 Å². The lowest BCUT2D eigenvalue weighted by Gasteiger charge is -2.16. The summed E-state index contributed by atoms with van der Waals surface area (Å²) >= 11 is 0. The zero-order chi connectivity index (χ0) is 23.8. The van der Waals surface area contributed by atoms with Gasteiger partial charge in [-0.15, -0.1) is 0 Å². The molecule has 0 aliphatic rings. The van der Waals surface area contributed by atoms with Gasteiger partial charge in [0, 0.05) is 19.0 Å². The Bertz CT molecular complexity index is 1650. The number of ether oxygens (including phenoxy) is 1. The van der Waals surface area contributed by atoms with Gasteiger partial charge in [0.2, 0.25) is 5.43 Å². The number of rotatable bonds is 5. The van der Waals surface area contributed by atoms with Crippen LogP contribution in [0, 0.1) is 5.82 Å². The van der Waals surface area contributed by atoms with Gasteiger partial charge in [-0.1, -0.05) is 36.4 Å². The summed E-state index contributed by atoms with van der Waals surface area (Å²) in [5, 5.41) is 0.438. The van der Waals surface area contributed by atoms with Crippen molar-refractivity contribution in [3.8, 4) is 17.1 Å². The van der Waals surface area contributed by atoms with Crippen molar-refractivity contribution in [3.63, 3.8) is 0 Å². The van der Waals surface area contributed by atoms with E-state index in [0.29, 0.717) is 17.3 Å². The van der Waals surface area contributed by atoms with E-state index in [9.17, 15) is 14.0 Å². The Morgan fingerprint density at radius 1 is 0.941 bits per heavy atom. The topological polar surface area (TPSA) is 66.1 Å². The minimum Gasteiger partial charge on any atom is -0.497 e. The van der Waals surface area contributed by atoms with Crippen molar-refractivity contribution in [1.82, 2.24) is 14.1 Å². The van der Waals surface area contributed by atoms with E-state index in [1.807, 2.05) is 30.3 Å². The molecule has 0 aliphatic heterocycles. The van der Waals surface area contributed by atoms with Crippen LogP contribution in [-0.2, 0) is 20.0 Å². The van der Waals surface area contributed by atoms with E-state index in [4.69, 9.17) is 4.74 Å². The Morgan fingerprint density at radius 2 is 1.65 bits per heavy atom. The van der Waals surface area contributed by atoms with E-state index in [2.05, 4.69) is 4.98 Å². The molecule has 0 saturated heterocycles. The average molecular weight is 455 g/mol. The van der Waals surface area contributed by atoms with Crippen LogP contribution in [-0.4, -0.2) is 21.2 Å². The largest absolute Gasteiger partial charge is 0.497 e. The Morgan fingerprint density at radius 3 is 2.38 bits per heavy atom. The number of methoxy groups -OCH3 is 1. The minimum atomic E-state index is -0.488. The minimum absolute atomic E-state index is 0.00368. The van der Waals surface area contributed by atoms with Crippen LogP contribution in [0.25, 0.3) is 33.3 Å². The number of aromatic nitrogens is 3. The summed E-state index contributed by atoms with van der Waals surface area (Å²) in [5.41, 5.74) is 1.20. The highest BCUT2D eigenvalue weighted by Gasteiger charge is 2.20. The number of hydrogen-bond donors (Lipinski definition) is 0. The molecule has 0 N–H and O–H groups in total. The zero-order valence-corrected chi connectivity index (χ0v) is 18.8. The van der Waals surface area contributed by atoms with Gasteiger partial charge >= 0.3 is 0 Å². The van der Waals surface area contributed by atoms with Crippen molar-refractivity contribution >= 4 is 21.9 Å². The van der Waals surface area contributed by atoms with E-state index in [-0.39, 0.29) is 34.4 Å². The molecule has 34 heavy (non-hydrogen) atoms. The second-order valence-electron chi connectivity index (χ2n) is 8.07. The Hall–Kier alpha value is -4.26. The maximum Gasteiger partial charge on any atom is 0.267 e. The van der Waals surface area contributed by atoms with Crippen molar-refractivity contribution < 1.29 is 9.13 Å². The first-order valence-electron chi connectivity index (χ1n) is 10.9. The highest BCUT2D eigenvalue weighted by atomic mass is 19.1. The second kappa shape index (κ2) is 8.59. The van der Waals surface area contributed by atoms with E-state index in [1.54, 1.807) is 55.1 Å². The summed E-state index contributed by atoms with van der Waals surface area (Å²) in [6.07, 6.45) is 0.492. The molecule has 0 fully saturated rings. The van der Waals surface area contributed by atoms with Crippen LogP contribution in [0.2, 0.25) is 0 Å². The molecule has 5 rings (SSSR count). The van der Waals surface area contributed by atoms with Gasteiger partial charge in [0.25, 0.3) is 5.56 Å². The van der Waals surface area contributed by atoms with Gasteiger partial charge in [-0.2, -0.15) is 0 Å². The number of fused-ring (bicyclic) bond motifs is 2. The molecule has 0 bridgehead atoms. The first-order chi connectivity index (χ1) is 16.5. The number of para-hydroxylation sites is 1. The van der Waals surface area contributed by atoms with Crippen LogP contribution < -0.4 is 15.7 Å². The van der Waals surface area contributed by atoms with Crippen LogP contribution in [0.5, 0.6) is 5.75 Å². The molecule has 0 radical (unpaired) electrons. The summed E-state index contributed by atoms with van der Waals surface area (Å²) < 4.78 is 23.2. The fraction of sp³-hybridized carbons (Fsp3) is 0.148. The highest BCUT2D eigenvalue weighted by Crippen LogP contribution is 2.23. The molecule has 0 amide bonds. The quantitative estimate of drug-likeness (QED) is 0.371. The third kappa shape index (κ3) is 3.55. The Kier molecular flexibility index (Phi) is 5.45. The first-order valence-corrected chi connectivity index (χ1v) is 10.9. The van der Waals surface area contributed by atoms with Crippen molar-refractivity contribution in [2.75, 3.05) is 7.11 Å². The molecule has 3 aromatic carbocycles. The molecule has 0 unspecified atom stereocenters. The predicted octanol–water partition coefficient (Wildman–Crippen LogP) is 4.31. The van der Waals surface area contributed by atoms with Gasteiger partial charge in [0.1, 0.15) is 22.8 Å². The first kappa shape index (κ1) is 21.6.